The monoisotopic (exact) mass is 447 g/mol. The zero-order valence-electron chi connectivity index (χ0n) is 20.1. The lowest BCUT2D eigenvalue weighted by atomic mass is 9.32. The summed E-state index contributed by atoms with van der Waals surface area (Å²) in [6.45, 7) is 4.60. The Labute approximate surface area is 207 Å². The molecule has 7 rings (SSSR count). The molecule has 35 heavy (non-hydrogen) atoms. The average molecular weight is 447 g/mol. The first kappa shape index (κ1) is 20.3. The summed E-state index contributed by atoms with van der Waals surface area (Å²) < 4.78 is 0. The molecule has 2 heteroatoms. The molecule has 0 unspecified atom stereocenters. The lowest BCUT2D eigenvalue weighted by Gasteiger charge is -2.40. The summed E-state index contributed by atoms with van der Waals surface area (Å²) in [6.07, 6.45) is 0.979. The standard InChI is InChI=1S/C33H26BN/c1-22-11-16-28(17-12-22)35-31-18-13-23(2)19-30(31)34-29-21-25(24-7-4-3-5-8-24)14-15-26(29)20-27-9-6-10-32(35)33(27)34/h3-19,21H,20H2,1-2H3. The molecule has 0 aliphatic carbocycles. The van der Waals surface area contributed by atoms with Crippen molar-refractivity contribution in [2.75, 3.05) is 4.90 Å². The lowest BCUT2D eigenvalue weighted by molar-refractivity contribution is 1.19. The third kappa shape index (κ3) is 3.17. The summed E-state index contributed by atoms with van der Waals surface area (Å²) in [7, 11) is 0. The zero-order chi connectivity index (χ0) is 23.5. The van der Waals surface area contributed by atoms with Crippen LogP contribution in [0.25, 0.3) is 11.1 Å². The molecule has 0 radical (unpaired) electrons. The molecule has 0 atom stereocenters. The fourth-order valence-electron chi connectivity index (χ4n) is 6.01. The third-order valence-electron chi connectivity index (χ3n) is 7.67. The van der Waals surface area contributed by atoms with Crippen molar-refractivity contribution in [3.63, 3.8) is 0 Å². The molecule has 2 aliphatic heterocycles. The normalized spacial score (nSPS) is 13.2. The Morgan fingerprint density at radius 3 is 2.20 bits per heavy atom. The van der Waals surface area contributed by atoms with Gasteiger partial charge in [-0.15, -0.1) is 0 Å². The Hall–Kier alpha value is -4.04. The van der Waals surface area contributed by atoms with Crippen LogP contribution in [0.1, 0.15) is 22.3 Å². The Bertz CT molecular complexity index is 1580. The Morgan fingerprint density at radius 1 is 0.571 bits per heavy atom. The molecule has 2 heterocycles. The molecule has 0 saturated heterocycles. The van der Waals surface area contributed by atoms with E-state index in [0.29, 0.717) is 0 Å². The van der Waals surface area contributed by atoms with Gasteiger partial charge in [-0.05, 0) is 77.7 Å². The van der Waals surface area contributed by atoms with Crippen molar-refractivity contribution in [2.45, 2.75) is 20.3 Å². The van der Waals surface area contributed by atoms with Gasteiger partial charge in [0.15, 0.2) is 0 Å². The summed E-state index contributed by atoms with van der Waals surface area (Å²) >= 11 is 0. The topological polar surface area (TPSA) is 3.24 Å². The highest BCUT2D eigenvalue weighted by atomic mass is 15.1. The minimum atomic E-state index is 0.241. The summed E-state index contributed by atoms with van der Waals surface area (Å²) in [5, 5.41) is 0. The molecule has 0 aromatic heterocycles. The molecule has 2 aliphatic rings. The minimum absolute atomic E-state index is 0.241. The van der Waals surface area contributed by atoms with E-state index in [2.05, 4.69) is 128 Å². The molecule has 0 fully saturated rings. The van der Waals surface area contributed by atoms with Gasteiger partial charge in [0.25, 0.3) is 0 Å². The van der Waals surface area contributed by atoms with Crippen molar-refractivity contribution in [2.24, 2.45) is 0 Å². The number of benzene rings is 5. The maximum Gasteiger partial charge on any atom is 0.247 e. The summed E-state index contributed by atoms with van der Waals surface area (Å²) in [5.41, 5.74) is 16.2. The Kier molecular flexibility index (Phi) is 4.50. The van der Waals surface area contributed by atoms with Gasteiger partial charge < -0.3 is 4.90 Å². The van der Waals surface area contributed by atoms with Crippen molar-refractivity contribution in [3.8, 4) is 11.1 Å². The first-order valence-corrected chi connectivity index (χ1v) is 12.4. The highest BCUT2D eigenvalue weighted by molar-refractivity contribution is 6.99. The highest BCUT2D eigenvalue weighted by Crippen LogP contribution is 2.38. The van der Waals surface area contributed by atoms with Crippen LogP contribution in [0.2, 0.25) is 0 Å². The summed E-state index contributed by atoms with van der Waals surface area (Å²) in [4.78, 5) is 2.47. The molecule has 0 bridgehead atoms. The predicted molar refractivity (Wildman–Crippen MR) is 150 cm³/mol. The zero-order valence-corrected chi connectivity index (χ0v) is 20.1. The SMILES string of the molecule is Cc1ccc(N2c3ccc(C)cc3B3c4cc(-c5ccccc5)ccc4Cc4cccc2c43)cc1. The Morgan fingerprint density at radius 2 is 1.37 bits per heavy atom. The van der Waals surface area contributed by atoms with Crippen LogP contribution in [0.15, 0.2) is 109 Å². The maximum atomic E-state index is 2.47. The van der Waals surface area contributed by atoms with Gasteiger partial charge in [-0.1, -0.05) is 102 Å². The second-order valence-electron chi connectivity index (χ2n) is 9.97. The van der Waals surface area contributed by atoms with E-state index in [-0.39, 0.29) is 6.71 Å². The van der Waals surface area contributed by atoms with Crippen LogP contribution in [-0.4, -0.2) is 6.71 Å². The molecule has 5 aromatic rings. The molecule has 1 nitrogen and oxygen atoms in total. The van der Waals surface area contributed by atoms with Crippen molar-refractivity contribution < 1.29 is 0 Å². The average Bonchev–Trinajstić information content (AvgIpc) is 2.89. The van der Waals surface area contributed by atoms with Crippen LogP contribution in [0.4, 0.5) is 17.1 Å². The van der Waals surface area contributed by atoms with Crippen LogP contribution in [0.3, 0.4) is 0 Å². The second kappa shape index (κ2) is 7.75. The Balaban J connectivity index is 1.50. The molecule has 0 saturated carbocycles. The van der Waals surface area contributed by atoms with Crippen LogP contribution in [0.5, 0.6) is 0 Å². The first-order valence-electron chi connectivity index (χ1n) is 12.4. The van der Waals surface area contributed by atoms with Gasteiger partial charge in [0.2, 0.25) is 6.71 Å². The van der Waals surface area contributed by atoms with E-state index in [1.165, 1.54) is 66.8 Å². The molecular formula is C33H26BN. The summed E-state index contributed by atoms with van der Waals surface area (Å²) in [5.74, 6) is 0. The van der Waals surface area contributed by atoms with Crippen LogP contribution in [0, 0.1) is 13.8 Å². The molecule has 0 spiro atoms. The molecule has 5 aromatic carbocycles. The van der Waals surface area contributed by atoms with Gasteiger partial charge in [-0.25, -0.2) is 0 Å². The molecule has 166 valence electrons. The van der Waals surface area contributed by atoms with Crippen molar-refractivity contribution in [3.05, 3.63) is 131 Å². The van der Waals surface area contributed by atoms with Gasteiger partial charge >= 0.3 is 0 Å². The molecular weight excluding hydrogens is 421 g/mol. The van der Waals surface area contributed by atoms with E-state index in [1.54, 1.807) is 0 Å². The van der Waals surface area contributed by atoms with Gasteiger partial charge in [0.05, 0.1) is 0 Å². The van der Waals surface area contributed by atoms with E-state index >= 15 is 0 Å². The van der Waals surface area contributed by atoms with Gasteiger partial charge in [0.1, 0.15) is 0 Å². The van der Waals surface area contributed by atoms with Crippen molar-refractivity contribution >= 4 is 40.2 Å². The van der Waals surface area contributed by atoms with Crippen LogP contribution >= 0.6 is 0 Å². The number of rotatable bonds is 2. The third-order valence-corrected chi connectivity index (χ3v) is 7.67. The number of anilines is 3. The van der Waals surface area contributed by atoms with Gasteiger partial charge in [0, 0.05) is 17.1 Å². The van der Waals surface area contributed by atoms with E-state index in [4.69, 9.17) is 0 Å². The quantitative estimate of drug-likeness (QED) is 0.287. The minimum Gasteiger partial charge on any atom is -0.312 e. The number of hydrogen-bond acceptors (Lipinski definition) is 1. The second-order valence-corrected chi connectivity index (χ2v) is 9.97. The van der Waals surface area contributed by atoms with E-state index in [1.807, 2.05) is 0 Å². The maximum absolute atomic E-state index is 2.47. The van der Waals surface area contributed by atoms with Gasteiger partial charge in [-0.2, -0.15) is 0 Å². The van der Waals surface area contributed by atoms with Crippen LogP contribution in [-0.2, 0) is 6.42 Å². The van der Waals surface area contributed by atoms with E-state index in [9.17, 15) is 0 Å². The van der Waals surface area contributed by atoms with E-state index in [0.717, 1.165) is 6.42 Å². The number of fused-ring (bicyclic) bond motifs is 4. The molecule has 0 N–H and O–H groups in total. The largest absolute Gasteiger partial charge is 0.312 e. The highest BCUT2D eigenvalue weighted by Gasteiger charge is 2.40. The predicted octanol–water partition coefficient (Wildman–Crippen LogP) is 6.17. The number of nitrogens with zero attached hydrogens (tertiary/aromatic N) is 1. The fraction of sp³-hybridized carbons (Fsp3) is 0.0909. The van der Waals surface area contributed by atoms with E-state index < -0.39 is 0 Å². The van der Waals surface area contributed by atoms with Crippen LogP contribution < -0.4 is 21.3 Å². The van der Waals surface area contributed by atoms with Crippen molar-refractivity contribution in [1.29, 1.82) is 0 Å². The summed E-state index contributed by atoms with van der Waals surface area (Å²) in [6, 6.07) is 40.6. The number of hydrogen-bond donors (Lipinski definition) is 0. The smallest absolute Gasteiger partial charge is 0.247 e. The fourth-order valence-corrected chi connectivity index (χ4v) is 6.01. The lowest BCUT2D eigenvalue weighted by Crippen LogP contribution is -2.61. The number of aryl methyl sites for hydroxylation is 2. The van der Waals surface area contributed by atoms with Crippen molar-refractivity contribution in [1.82, 2.24) is 0 Å². The first-order chi connectivity index (χ1) is 17.2. The van der Waals surface area contributed by atoms with Gasteiger partial charge in [-0.3, -0.25) is 0 Å². The molecule has 0 amide bonds.